The lowest BCUT2D eigenvalue weighted by molar-refractivity contribution is -0.121. The molecule has 1 heterocycles. The van der Waals surface area contributed by atoms with Crippen LogP contribution in [0, 0.1) is 5.92 Å². The summed E-state index contributed by atoms with van der Waals surface area (Å²) in [6.07, 6.45) is 1.33. The van der Waals surface area contributed by atoms with Crippen molar-refractivity contribution in [3.8, 4) is 0 Å². The van der Waals surface area contributed by atoms with E-state index in [-0.39, 0.29) is 12.5 Å². The van der Waals surface area contributed by atoms with E-state index in [1.54, 1.807) is 0 Å². The number of nitrogens with two attached hydrogens (primary N) is 1. The van der Waals surface area contributed by atoms with E-state index < -0.39 is 6.09 Å². The van der Waals surface area contributed by atoms with E-state index in [1.807, 2.05) is 4.90 Å². The summed E-state index contributed by atoms with van der Waals surface area (Å²) in [6.45, 7) is 2.67. The van der Waals surface area contributed by atoms with E-state index in [2.05, 4.69) is 10.1 Å². The summed E-state index contributed by atoms with van der Waals surface area (Å²) in [5, 5.41) is 2.14. The van der Waals surface area contributed by atoms with E-state index in [4.69, 9.17) is 5.73 Å². The van der Waals surface area contributed by atoms with Crippen molar-refractivity contribution in [2.24, 2.45) is 11.7 Å². The third-order valence-corrected chi connectivity index (χ3v) is 2.83. The van der Waals surface area contributed by atoms with Crippen LogP contribution in [0.5, 0.6) is 0 Å². The summed E-state index contributed by atoms with van der Waals surface area (Å²) in [7, 11) is 1.23. The number of likely N-dealkylation sites (tertiary alicyclic amines) is 1. The highest BCUT2D eigenvalue weighted by atomic mass is 16.5. The zero-order valence-electron chi connectivity index (χ0n) is 9.57. The Balaban J connectivity index is 2.23. The quantitative estimate of drug-likeness (QED) is 0.684. The maximum absolute atomic E-state index is 11.4. The smallest absolute Gasteiger partial charge is 0.413 e. The van der Waals surface area contributed by atoms with E-state index in [0.29, 0.717) is 12.5 Å². The maximum Gasteiger partial charge on any atom is 0.413 e. The second-order valence-corrected chi connectivity index (χ2v) is 3.99. The fraction of sp³-hybridized carbons (Fsp3) is 0.800. The van der Waals surface area contributed by atoms with Gasteiger partial charge in [0, 0.05) is 0 Å². The molecule has 0 aromatic rings. The number of carbonyl (C=O) groups is 2. The Morgan fingerprint density at radius 3 is 2.56 bits per heavy atom. The van der Waals surface area contributed by atoms with Gasteiger partial charge in [-0.15, -0.1) is 0 Å². The Morgan fingerprint density at radius 2 is 2.06 bits per heavy atom. The number of rotatable bonds is 3. The molecular formula is C10H19N3O3. The van der Waals surface area contributed by atoms with Gasteiger partial charge in [0.15, 0.2) is 0 Å². The van der Waals surface area contributed by atoms with Crippen molar-refractivity contribution in [1.29, 1.82) is 0 Å². The van der Waals surface area contributed by atoms with Gasteiger partial charge in [-0.1, -0.05) is 0 Å². The number of methoxy groups -OCH3 is 1. The molecule has 16 heavy (non-hydrogen) atoms. The van der Waals surface area contributed by atoms with Crippen LogP contribution in [-0.2, 0) is 9.53 Å². The molecule has 6 heteroatoms. The van der Waals surface area contributed by atoms with Crippen LogP contribution in [-0.4, -0.2) is 50.2 Å². The molecule has 0 aromatic heterocycles. The van der Waals surface area contributed by atoms with Crippen LogP contribution < -0.4 is 11.1 Å². The maximum atomic E-state index is 11.4. The molecule has 0 unspecified atom stereocenters. The average molecular weight is 229 g/mol. The Morgan fingerprint density at radius 1 is 1.44 bits per heavy atom. The summed E-state index contributed by atoms with van der Waals surface area (Å²) in [4.78, 5) is 24.1. The number of carbonyl (C=O) groups excluding carboxylic acids is 2. The van der Waals surface area contributed by atoms with Crippen LogP contribution in [0.15, 0.2) is 0 Å². The fourth-order valence-electron chi connectivity index (χ4n) is 1.79. The van der Waals surface area contributed by atoms with Crippen LogP contribution in [0.4, 0.5) is 4.79 Å². The van der Waals surface area contributed by atoms with Gasteiger partial charge in [-0.05, 0) is 38.4 Å². The number of ether oxygens (including phenoxy) is 1. The van der Waals surface area contributed by atoms with Crippen molar-refractivity contribution in [3.05, 3.63) is 0 Å². The van der Waals surface area contributed by atoms with Gasteiger partial charge in [0.25, 0.3) is 0 Å². The second-order valence-electron chi connectivity index (χ2n) is 3.99. The Kier molecular flexibility index (Phi) is 5.21. The number of piperidine rings is 1. The minimum absolute atomic E-state index is 0.242. The largest absolute Gasteiger partial charge is 0.453 e. The van der Waals surface area contributed by atoms with Crippen molar-refractivity contribution >= 4 is 12.0 Å². The Hall–Kier alpha value is -1.14. The van der Waals surface area contributed by atoms with E-state index >= 15 is 0 Å². The van der Waals surface area contributed by atoms with Crippen LogP contribution in [0.1, 0.15) is 12.8 Å². The van der Waals surface area contributed by atoms with Crippen LogP contribution in [0.2, 0.25) is 0 Å². The first-order chi connectivity index (χ1) is 7.65. The van der Waals surface area contributed by atoms with Gasteiger partial charge >= 0.3 is 6.09 Å². The van der Waals surface area contributed by atoms with Gasteiger partial charge in [0.2, 0.25) is 5.91 Å². The number of nitrogens with one attached hydrogen (secondary N) is 1. The summed E-state index contributed by atoms with van der Waals surface area (Å²) < 4.78 is 4.34. The predicted octanol–water partition coefficient (Wildman–Crippen LogP) is -0.460. The molecule has 3 N–H and O–H groups in total. The lowest BCUT2D eigenvalue weighted by atomic mass is 9.97. The van der Waals surface area contributed by atoms with Crippen molar-refractivity contribution < 1.29 is 14.3 Å². The second kappa shape index (κ2) is 6.44. The van der Waals surface area contributed by atoms with Crippen molar-refractivity contribution in [3.63, 3.8) is 0 Å². The minimum Gasteiger partial charge on any atom is -0.453 e. The molecule has 0 aromatic carbocycles. The summed E-state index contributed by atoms with van der Waals surface area (Å²) in [5.74, 6) is 0.248. The van der Waals surface area contributed by atoms with Gasteiger partial charge < -0.3 is 10.5 Å². The summed E-state index contributed by atoms with van der Waals surface area (Å²) in [6, 6.07) is 0. The number of imide groups is 1. The van der Waals surface area contributed by atoms with Crippen molar-refractivity contribution in [1.82, 2.24) is 10.2 Å². The molecular weight excluding hydrogens is 210 g/mol. The molecule has 0 aliphatic carbocycles. The molecule has 6 nitrogen and oxygen atoms in total. The van der Waals surface area contributed by atoms with Crippen molar-refractivity contribution in [2.45, 2.75) is 12.8 Å². The highest BCUT2D eigenvalue weighted by molar-refractivity contribution is 5.92. The van der Waals surface area contributed by atoms with E-state index in [1.165, 1.54) is 7.11 Å². The molecule has 0 bridgehead atoms. The molecule has 1 rings (SSSR count). The first-order valence-corrected chi connectivity index (χ1v) is 5.46. The van der Waals surface area contributed by atoms with E-state index in [9.17, 15) is 9.59 Å². The number of alkyl carbamates (subject to hydrolysis) is 1. The van der Waals surface area contributed by atoms with Gasteiger partial charge in [0.05, 0.1) is 13.7 Å². The molecule has 1 fully saturated rings. The third kappa shape index (κ3) is 4.16. The van der Waals surface area contributed by atoms with Crippen LogP contribution in [0.25, 0.3) is 0 Å². The Bertz CT molecular complexity index is 250. The minimum atomic E-state index is -0.707. The molecule has 92 valence electrons. The monoisotopic (exact) mass is 229 g/mol. The number of nitrogens with zero attached hydrogens (tertiary/aromatic N) is 1. The molecule has 2 amide bonds. The van der Waals surface area contributed by atoms with Gasteiger partial charge in [-0.2, -0.15) is 0 Å². The number of hydrogen-bond acceptors (Lipinski definition) is 5. The predicted molar refractivity (Wildman–Crippen MR) is 58.8 cm³/mol. The first-order valence-electron chi connectivity index (χ1n) is 5.46. The highest BCUT2D eigenvalue weighted by Gasteiger charge is 2.20. The zero-order valence-corrected chi connectivity index (χ0v) is 9.57. The zero-order chi connectivity index (χ0) is 12.0. The topological polar surface area (TPSA) is 84.7 Å². The molecule has 1 aliphatic rings. The molecule has 0 saturated carbocycles. The lowest BCUT2D eigenvalue weighted by Gasteiger charge is -2.30. The highest BCUT2D eigenvalue weighted by Crippen LogP contribution is 2.14. The van der Waals surface area contributed by atoms with E-state index in [0.717, 1.165) is 25.9 Å². The summed E-state index contributed by atoms with van der Waals surface area (Å²) in [5.41, 5.74) is 5.57. The number of hydrogen-bond donors (Lipinski definition) is 2. The van der Waals surface area contributed by atoms with Crippen LogP contribution in [0.3, 0.4) is 0 Å². The number of amides is 2. The van der Waals surface area contributed by atoms with Gasteiger partial charge in [-0.25, -0.2) is 4.79 Å². The summed E-state index contributed by atoms with van der Waals surface area (Å²) >= 11 is 0. The normalized spacial score (nSPS) is 18.1. The molecule has 0 radical (unpaired) electrons. The molecule has 1 aliphatic heterocycles. The third-order valence-electron chi connectivity index (χ3n) is 2.83. The molecule has 0 spiro atoms. The fourth-order valence-corrected chi connectivity index (χ4v) is 1.79. The molecule has 0 atom stereocenters. The molecule has 1 saturated heterocycles. The van der Waals surface area contributed by atoms with Crippen LogP contribution >= 0.6 is 0 Å². The first kappa shape index (κ1) is 12.9. The standard InChI is InChI=1S/C10H19N3O3/c1-16-10(15)12-9(14)7-13-4-2-8(6-11)3-5-13/h8H,2-7,11H2,1H3,(H,12,14,15). The Labute approximate surface area is 95.1 Å². The van der Waals surface area contributed by atoms with Crippen molar-refractivity contribution in [2.75, 3.05) is 33.3 Å². The lowest BCUT2D eigenvalue weighted by Crippen LogP contribution is -2.43. The average Bonchev–Trinajstić information content (AvgIpc) is 2.29. The SMILES string of the molecule is COC(=O)NC(=O)CN1CCC(CN)CC1. The van der Waals surface area contributed by atoms with Gasteiger partial charge in [-0.3, -0.25) is 15.0 Å². The van der Waals surface area contributed by atoms with Gasteiger partial charge in [0.1, 0.15) is 0 Å².